The van der Waals surface area contributed by atoms with E-state index in [0.717, 1.165) is 19.3 Å². The van der Waals surface area contributed by atoms with E-state index in [0.29, 0.717) is 53.4 Å². The zero-order valence-corrected chi connectivity index (χ0v) is 19.9. The lowest BCUT2D eigenvalue weighted by molar-refractivity contribution is 0.0141. The summed E-state index contributed by atoms with van der Waals surface area (Å²) in [5.41, 5.74) is 0.0693. The van der Waals surface area contributed by atoms with Crippen molar-refractivity contribution < 1.29 is 14.3 Å². The number of aryl methyl sites for hydroxylation is 2. The average Bonchev–Trinajstić information content (AvgIpc) is 3.05. The van der Waals surface area contributed by atoms with Gasteiger partial charge in [-0.1, -0.05) is 19.8 Å². The highest BCUT2D eigenvalue weighted by molar-refractivity contribution is 7.20. The zero-order valence-electron chi connectivity index (χ0n) is 19.1. The normalized spacial score (nSPS) is 14.9. The lowest BCUT2D eigenvalue weighted by Crippen LogP contribution is -2.51. The molecule has 0 aliphatic carbocycles. The van der Waals surface area contributed by atoms with Crippen LogP contribution < -0.4 is 5.56 Å². The Morgan fingerprint density at radius 2 is 1.77 bits per heavy atom. The molecule has 0 unspecified atom stereocenters. The minimum atomic E-state index is -0.547. The third-order valence-corrected chi connectivity index (χ3v) is 6.52. The van der Waals surface area contributed by atoms with Crippen LogP contribution in [-0.2, 0) is 11.3 Å². The Bertz CT molecular complexity index is 1010. The van der Waals surface area contributed by atoms with Crippen molar-refractivity contribution in [2.45, 2.75) is 66.0 Å². The summed E-state index contributed by atoms with van der Waals surface area (Å²) in [6, 6.07) is 0. The van der Waals surface area contributed by atoms with Crippen LogP contribution in [0.25, 0.3) is 10.2 Å². The van der Waals surface area contributed by atoms with Crippen LogP contribution in [0.1, 0.15) is 62.2 Å². The number of fused-ring (bicyclic) bond motifs is 1. The van der Waals surface area contributed by atoms with Crippen molar-refractivity contribution in [3.8, 4) is 0 Å². The Labute approximate surface area is 186 Å². The van der Waals surface area contributed by atoms with Gasteiger partial charge in [0.2, 0.25) is 0 Å². The molecule has 170 valence electrons. The molecule has 0 aromatic carbocycles. The van der Waals surface area contributed by atoms with Crippen LogP contribution in [0.3, 0.4) is 0 Å². The highest BCUT2D eigenvalue weighted by Gasteiger charge is 2.30. The average molecular weight is 449 g/mol. The van der Waals surface area contributed by atoms with E-state index in [4.69, 9.17) is 4.74 Å². The van der Waals surface area contributed by atoms with Crippen molar-refractivity contribution in [2.75, 3.05) is 26.2 Å². The molecule has 0 spiro atoms. The monoisotopic (exact) mass is 448 g/mol. The molecule has 3 heterocycles. The molecule has 31 heavy (non-hydrogen) atoms. The van der Waals surface area contributed by atoms with Gasteiger partial charge < -0.3 is 14.5 Å². The Balaban J connectivity index is 1.73. The number of ether oxygens (including phenoxy) is 1. The number of amides is 2. The standard InChI is InChI=1S/C22H32N4O4S/c1-6-7-8-9-26-14-23-18-16(19(26)27)15(2)17(31-18)20(28)24-10-12-25(13-11-24)21(29)30-22(3,4)5/h14H,6-13H2,1-5H3. The minimum Gasteiger partial charge on any atom is -0.444 e. The topological polar surface area (TPSA) is 84.7 Å². The Morgan fingerprint density at radius 3 is 2.39 bits per heavy atom. The second-order valence-corrected chi connectivity index (χ2v) is 9.95. The highest BCUT2D eigenvalue weighted by Crippen LogP contribution is 2.28. The van der Waals surface area contributed by atoms with Crippen molar-refractivity contribution in [1.82, 2.24) is 19.4 Å². The summed E-state index contributed by atoms with van der Waals surface area (Å²) < 4.78 is 7.06. The molecular formula is C22H32N4O4S. The van der Waals surface area contributed by atoms with Gasteiger partial charge in [-0.25, -0.2) is 9.78 Å². The second kappa shape index (κ2) is 9.38. The Kier molecular flexibility index (Phi) is 7.03. The summed E-state index contributed by atoms with van der Waals surface area (Å²) in [5.74, 6) is -0.110. The summed E-state index contributed by atoms with van der Waals surface area (Å²) >= 11 is 1.27. The minimum absolute atomic E-state index is 0.0800. The number of nitrogens with zero attached hydrogens (tertiary/aromatic N) is 4. The van der Waals surface area contributed by atoms with Crippen LogP contribution in [0.5, 0.6) is 0 Å². The smallest absolute Gasteiger partial charge is 0.410 e. The summed E-state index contributed by atoms with van der Waals surface area (Å²) in [4.78, 5) is 47.3. The van der Waals surface area contributed by atoms with E-state index in [1.54, 1.807) is 20.7 Å². The first-order valence-corrected chi connectivity index (χ1v) is 11.7. The third-order valence-electron chi connectivity index (χ3n) is 5.33. The van der Waals surface area contributed by atoms with E-state index in [1.165, 1.54) is 11.3 Å². The summed E-state index contributed by atoms with van der Waals surface area (Å²) in [6.45, 7) is 11.8. The molecule has 9 heteroatoms. The largest absolute Gasteiger partial charge is 0.444 e. The van der Waals surface area contributed by atoms with Gasteiger partial charge >= 0.3 is 6.09 Å². The molecule has 0 saturated carbocycles. The van der Waals surface area contributed by atoms with E-state index in [-0.39, 0.29) is 17.6 Å². The van der Waals surface area contributed by atoms with Gasteiger partial charge in [0, 0.05) is 32.7 Å². The van der Waals surface area contributed by atoms with E-state index in [2.05, 4.69) is 11.9 Å². The lowest BCUT2D eigenvalue weighted by Gasteiger charge is -2.35. The SMILES string of the molecule is CCCCCn1cnc2sc(C(=O)N3CCN(C(=O)OC(C)(C)C)CC3)c(C)c2c1=O. The number of piperazine rings is 1. The molecule has 0 bridgehead atoms. The van der Waals surface area contributed by atoms with E-state index < -0.39 is 5.60 Å². The number of rotatable bonds is 5. The summed E-state index contributed by atoms with van der Waals surface area (Å²) in [5, 5.41) is 0.541. The van der Waals surface area contributed by atoms with Gasteiger partial charge in [0.1, 0.15) is 10.4 Å². The van der Waals surface area contributed by atoms with Crippen molar-refractivity contribution in [3.63, 3.8) is 0 Å². The molecular weight excluding hydrogens is 416 g/mol. The van der Waals surface area contributed by atoms with Crippen LogP contribution in [0.4, 0.5) is 4.79 Å². The first kappa shape index (κ1) is 23.2. The first-order valence-electron chi connectivity index (χ1n) is 10.9. The number of unbranched alkanes of at least 4 members (excludes halogenated alkanes) is 2. The van der Waals surface area contributed by atoms with Crippen LogP contribution >= 0.6 is 11.3 Å². The van der Waals surface area contributed by atoms with Gasteiger partial charge in [0.05, 0.1) is 16.6 Å². The maximum Gasteiger partial charge on any atom is 0.410 e. The quantitative estimate of drug-likeness (QED) is 0.652. The maximum atomic E-state index is 13.2. The lowest BCUT2D eigenvalue weighted by atomic mass is 10.2. The van der Waals surface area contributed by atoms with Crippen LogP contribution in [-0.4, -0.2) is 63.1 Å². The molecule has 1 saturated heterocycles. The van der Waals surface area contributed by atoms with Gasteiger partial charge in [0.25, 0.3) is 11.5 Å². The third kappa shape index (κ3) is 5.26. The molecule has 0 N–H and O–H groups in total. The number of thiophene rings is 1. The molecule has 0 radical (unpaired) electrons. The van der Waals surface area contributed by atoms with Crippen LogP contribution in [0, 0.1) is 6.92 Å². The van der Waals surface area contributed by atoms with Crippen molar-refractivity contribution in [1.29, 1.82) is 0 Å². The van der Waals surface area contributed by atoms with Gasteiger partial charge in [-0.2, -0.15) is 0 Å². The molecule has 8 nitrogen and oxygen atoms in total. The van der Waals surface area contributed by atoms with Gasteiger partial charge in [-0.05, 0) is 39.7 Å². The molecule has 3 rings (SSSR count). The van der Waals surface area contributed by atoms with Crippen LogP contribution in [0.15, 0.2) is 11.1 Å². The Morgan fingerprint density at radius 1 is 1.13 bits per heavy atom. The second-order valence-electron chi connectivity index (χ2n) is 8.95. The fraction of sp³-hybridized carbons (Fsp3) is 0.636. The predicted octanol–water partition coefficient (Wildman–Crippen LogP) is 3.65. The van der Waals surface area contributed by atoms with Crippen LogP contribution in [0.2, 0.25) is 0 Å². The predicted molar refractivity (Wildman–Crippen MR) is 122 cm³/mol. The van der Waals surface area contributed by atoms with Crippen molar-refractivity contribution in [2.24, 2.45) is 0 Å². The number of carbonyl (C=O) groups is 2. The van der Waals surface area contributed by atoms with E-state index >= 15 is 0 Å². The molecule has 2 aromatic rings. The van der Waals surface area contributed by atoms with Crippen molar-refractivity contribution >= 4 is 33.6 Å². The van der Waals surface area contributed by atoms with E-state index in [9.17, 15) is 14.4 Å². The fourth-order valence-corrected chi connectivity index (χ4v) is 4.72. The maximum absolute atomic E-state index is 13.2. The molecule has 1 aliphatic rings. The zero-order chi connectivity index (χ0) is 22.8. The number of carbonyl (C=O) groups excluding carboxylic acids is 2. The van der Waals surface area contributed by atoms with Gasteiger partial charge in [0.15, 0.2) is 0 Å². The van der Waals surface area contributed by atoms with Gasteiger partial charge in [-0.3, -0.25) is 14.2 Å². The van der Waals surface area contributed by atoms with Crippen molar-refractivity contribution in [3.05, 3.63) is 27.1 Å². The molecule has 1 fully saturated rings. The molecule has 1 aliphatic heterocycles. The number of hydrogen-bond acceptors (Lipinski definition) is 6. The molecule has 2 aromatic heterocycles. The summed E-state index contributed by atoms with van der Waals surface area (Å²) in [6.07, 6.45) is 4.31. The number of aromatic nitrogens is 2. The first-order chi connectivity index (χ1) is 14.6. The molecule has 2 amide bonds. The molecule has 0 atom stereocenters. The van der Waals surface area contributed by atoms with E-state index in [1.807, 2.05) is 27.7 Å². The van der Waals surface area contributed by atoms with Gasteiger partial charge in [-0.15, -0.1) is 11.3 Å². The summed E-state index contributed by atoms with van der Waals surface area (Å²) in [7, 11) is 0. The Hall–Kier alpha value is -2.42. The number of hydrogen-bond donors (Lipinski definition) is 0. The highest BCUT2D eigenvalue weighted by atomic mass is 32.1. The fourth-order valence-electron chi connectivity index (χ4n) is 3.62.